The smallest absolute Gasteiger partial charge is 0.433 e. The van der Waals surface area contributed by atoms with Gasteiger partial charge in [0.25, 0.3) is 0 Å². The van der Waals surface area contributed by atoms with Gasteiger partial charge in [0, 0.05) is 31.1 Å². The van der Waals surface area contributed by atoms with E-state index in [9.17, 15) is 23.1 Å². The molecule has 6 nitrogen and oxygen atoms in total. The predicted molar refractivity (Wildman–Crippen MR) is 98.7 cm³/mol. The molecule has 0 aliphatic carbocycles. The second-order valence-corrected chi connectivity index (χ2v) is 6.03. The Labute approximate surface area is 165 Å². The number of aliphatic hydroxyl groups is 1. The van der Waals surface area contributed by atoms with Crippen molar-refractivity contribution in [1.82, 2.24) is 4.98 Å². The molecule has 1 aromatic carbocycles. The highest BCUT2D eigenvalue weighted by atomic mass is 35.5. The van der Waals surface area contributed by atoms with E-state index in [2.05, 4.69) is 4.98 Å². The summed E-state index contributed by atoms with van der Waals surface area (Å²) >= 11 is 0. The number of halogens is 4. The fraction of sp³-hybridized carbons (Fsp3) is 0.333. The SMILES string of the molecule is Cl.NCc1cc(Oc2cccc3c2CCC(=O)N3CCO)nc(C(F)(F)F)c1. The average molecular weight is 418 g/mol. The zero-order chi connectivity index (χ0) is 19.6. The highest BCUT2D eigenvalue weighted by Gasteiger charge is 2.33. The Bertz CT molecular complexity index is 862. The fourth-order valence-corrected chi connectivity index (χ4v) is 2.99. The lowest BCUT2D eigenvalue weighted by molar-refractivity contribution is -0.141. The number of benzene rings is 1. The second-order valence-electron chi connectivity index (χ2n) is 6.03. The molecule has 1 aliphatic heterocycles. The molecule has 0 unspecified atom stereocenters. The molecule has 1 amide bonds. The number of pyridine rings is 1. The standard InChI is InChI=1S/C18H18F3N3O3.ClH/c19-18(20,21)15-8-11(10-22)9-16(23-15)27-14-3-1-2-13-12(14)4-5-17(26)24(13)6-7-25;/h1-3,8-9,25H,4-7,10,22H2;1H. The zero-order valence-electron chi connectivity index (χ0n) is 14.7. The van der Waals surface area contributed by atoms with Crippen molar-refractivity contribution in [2.75, 3.05) is 18.1 Å². The van der Waals surface area contributed by atoms with Crippen molar-refractivity contribution in [2.24, 2.45) is 5.73 Å². The van der Waals surface area contributed by atoms with Crippen molar-refractivity contribution in [3.63, 3.8) is 0 Å². The van der Waals surface area contributed by atoms with Crippen LogP contribution in [-0.4, -0.2) is 29.1 Å². The van der Waals surface area contributed by atoms with Gasteiger partial charge < -0.3 is 20.5 Å². The molecule has 0 radical (unpaired) electrons. The number of nitrogens with zero attached hydrogens (tertiary/aromatic N) is 2. The van der Waals surface area contributed by atoms with Gasteiger partial charge >= 0.3 is 6.18 Å². The van der Waals surface area contributed by atoms with Crippen LogP contribution in [0.25, 0.3) is 0 Å². The van der Waals surface area contributed by atoms with E-state index >= 15 is 0 Å². The van der Waals surface area contributed by atoms with E-state index in [0.29, 0.717) is 23.4 Å². The molecule has 3 N–H and O–H groups in total. The number of ether oxygens (including phenoxy) is 1. The Morgan fingerprint density at radius 1 is 1.25 bits per heavy atom. The second kappa shape index (κ2) is 8.76. The van der Waals surface area contributed by atoms with E-state index in [4.69, 9.17) is 10.5 Å². The maximum absolute atomic E-state index is 13.0. The highest BCUT2D eigenvalue weighted by Crippen LogP contribution is 2.37. The Morgan fingerprint density at radius 2 is 2.00 bits per heavy atom. The van der Waals surface area contributed by atoms with Gasteiger partial charge in [0.05, 0.1) is 12.3 Å². The van der Waals surface area contributed by atoms with E-state index in [1.54, 1.807) is 18.2 Å². The molecule has 2 aromatic rings. The summed E-state index contributed by atoms with van der Waals surface area (Å²) in [5.41, 5.74) is 5.90. The topological polar surface area (TPSA) is 88.7 Å². The molecule has 0 saturated heterocycles. The Hall–Kier alpha value is -2.36. The monoisotopic (exact) mass is 417 g/mol. The number of carbonyl (C=O) groups is 1. The van der Waals surface area contributed by atoms with Gasteiger partial charge in [-0.25, -0.2) is 4.98 Å². The summed E-state index contributed by atoms with van der Waals surface area (Å²) in [6.45, 7) is -0.159. The molecule has 1 aromatic heterocycles. The number of hydrogen-bond donors (Lipinski definition) is 2. The first-order chi connectivity index (χ1) is 12.8. The number of aromatic nitrogens is 1. The first kappa shape index (κ1) is 21.9. The molecule has 0 atom stereocenters. The molecule has 0 spiro atoms. The summed E-state index contributed by atoms with van der Waals surface area (Å²) < 4.78 is 44.8. The number of fused-ring (bicyclic) bond motifs is 1. The van der Waals surface area contributed by atoms with Crippen molar-refractivity contribution >= 4 is 24.0 Å². The van der Waals surface area contributed by atoms with Crippen molar-refractivity contribution in [1.29, 1.82) is 0 Å². The van der Waals surface area contributed by atoms with Gasteiger partial charge in [-0.15, -0.1) is 12.4 Å². The van der Waals surface area contributed by atoms with Crippen LogP contribution in [0.3, 0.4) is 0 Å². The number of amides is 1. The first-order valence-electron chi connectivity index (χ1n) is 8.32. The lowest BCUT2D eigenvalue weighted by Crippen LogP contribution is -2.37. The Kier molecular flexibility index (Phi) is 6.87. The minimum atomic E-state index is -4.62. The van der Waals surface area contributed by atoms with Gasteiger partial charge in [0.2, 0.25) is 11.8 Å². The third-order valence-electron chi connectivity index (χ3n) is 4.21. The molecule has 3 rings (SSSR count). The molecule has 0 saturated carbocycles. The van der Waals surface area contributed by atoms with Crippen LogP contribution < -0.4 is 15.4 Å². The molecular formula is C18H19ClF3N3O3. The minimum absolute atomic E-state index is 0. The van der Waals surface area contributed by atoms with E-state index in [1.165, 1.54) is 11.0 Å². The highest BCUT2D eigenvalue weighted by molar-refractivity contribution is 5.97. The summed E-state index contributed by atoms with van der Waals surface area (Å²) in [4.78, 5) is 17.1. The number of β-amino-alcohol motifs (C(OH)–C–C–N with tert-alkyl or cyclic N) is 1. The lowest BCUT2D eigenvalue weighted by atomic mass is 10.00. The van der Waals surface area contributed by atoms with E-state index < -0.39 is 11.9 Å². The molecule has 0 fully saturated rings. The van der Waals surface area contributed by atoms with Gasteiger partial charge in [-0.05, 0) is 30.2 Å². The van der Waals surface area contributed by atoms with Crippen molar-refractivity contribution in [2.45, 2.75) is 25.6 Å². The fourth-order valence-electron chi connectivity index (χ4n) is 2.99. The summed E-state index contributed by atoms with van der Waals surface area (Å²) in [6, 6.07) is 7.19. The molecule has 2 heterocycles. The Morgan fingerprint density at radius 3 is 2.64 bits per heavy atom. The van der Waals surface area contributed by atoms with Crippen LogP contribution in [0, 0.1) is 0 Å². The maximum Gasteiger partial charge on any atom is 0.433 e. The van der Waals surface area contributed by atoms with E-state index in [0.717, 1.165) is 6.07 Å². The summed E-state index contributed by atoms with van der Waals surface area (Å²) in [5.74, 6) is -0.0293. The summed E-state index contributed by atoms with van der Waals surface area (Å²) in [6.07, 6.45) is -4.02. The predicted octanol–water partition coefficient (Wildman–Crippen LogP) is 3.04. The van der Waals surface area contributed by atoms with Crippen molar-refractivity contribution < 1.29 is 27.8 Å². The van der Waals surface area contributed by atoms with Crippen LogP contribution in [0.2, 0.25) is 0 Å². The third-order valence-corrected chi connectivity index (χ3v) is 4.21. The third kappa shape index (κ3) is 4.54. The molecule has 1 aliphatic rings. The quantitative estimate of drug-likeness (QED) is 0.780. The van der Waals surface area contributed by atoms with Gasteiger partial charge in [0.1, 0.15) is 11.4 Å². The van der Waals surface area contributed by atoms with Crippen LogP contribution in [0.4, 0.5) is 18.9 Å². The lowest BCUT2D eigenvalue weighted by Gasteiger charge is -2.30. The first-order valence-corrected chi connectivity index (χ1v) is 8.32. The molecular weight excluding hydrogens is 399 g/mol. The Balaban J connectivity index is 0.00000280. The summed E-state index contributed by atoms with van der Waals surface area (Å²) in [5, 5.41) is 9.18. The van der Waals surface area contributed by atoms with Crippen molar-refractivity contribution in [3.05, 3.63) is 47.2 Å². The number of alkyl halides is 3. The van der Waals surface area contributed by atoms with Gasteiger partial charge in [0.15, 0.2) is 0 Å². The zero-order valence-corrected chi connectivity index (χ0v) is 15.5. The van der Waals surface area contributed by atoms with Crippen LogP contribution >= 0.6 is 12.4 Å². The van der Waals surface area contributed by atoms with Gasteiger partial charge in [-0.2, -0.15) is 13.2 Å². The van der Waals surface area contributed by atoms with Crippen LogP contribution in [0.15, 0.2) is 30.3 Å². The van der Waals surface area contributed by atoms with Crippen molar-refractivity contribution in [3.8, 4) is 11.6 Å². The number of carbonyl (C=O) groups excluding carboxylic acids is 1. The van der Waals surface area contributed by atoms with Crippen LogP contribution in [-0.2, 0) is 23.9 Å². The van der Waals surface area contributed by atoms with Gasteiger partial charge in [-0.1, -0.05) is 6.07 Å². The largest absolute Gasteiger partial charge is 0.439 e. The number of nitrogens with two attached hydrogens (primary N) is 1. The molecule has 152 valence electrons. The number of hydrogen-bond acceptors (Lipinski definition) is 5. The number of rotatable bonds is 5. The normalized spacial score (nSPS) is 13.8. The van der Waals surface area contributed by atoms with E-state index in [-0.39, 0.29) is 55.9 Å². The van der Waals surface area contributed by atoms with Crippen LogP contribution in [0.1, 0.15) is 23.2 Å². The number of anilines is 1. The summed E-state index contributed by atoms with van der Waals surface area (Å²) in [7, 11) is 0. The minimum Gasteiger partial charge on any atom is -0.439 e. The van der Waals surface area contributed by atoms with Crippen LogP contribution in [0.5, 0.6) is 11.6 Å². The van der Waals surface area contributed by atoms with E-state index in [1.807, 2.05) is 0 Å². The molecule has 28 heavy (non-hydrogen) atoms. The molecule has 0 bridgehead atoms. The molecule has 10 heteroatoms. The maximum atomic E-state index is 13.0. The average Bonchev–Trinajstić information content (AvgIpc) is 2.63. The van der Waals surface area contributed by atoms with Gasteiger partial charge in [-0.3, -0.25) is 4.79 Å². The number of aliphatic hydroxyl groups excluding tert-OH is 1.